The second kappa shape index (κ2) is 6.24. The fraction of sp³-hybridized carbons (Fsp3) is 0.571. The normalized spacial score (nSPS) is 19.5. The van der Waals surface area contributed by atoms with Gasteiger partial charge in [-0.3, -0.25) is 9.59 Å². The highest BCUT2D eigenvalue weighted by Crippen LogP contribution is 2.22. The first-order valence-electron chi connectivity index (χ1n) is 6.67. The lowest BCUT2D eigenvalue weighted by molar-refractivity contribution is 0.0609. The number of halogens is 1. The van der Waals surface area contributed by atoms with Crippen LogP contribution in [0.2, 0.25) is 0 Å². The lowest BCUT2D eigenvalue weighted by Crippen LogP contribution is -2.44. The number of amides is 1. The monoisotopic (exact) mass is 282 g/mol. The fourth-order valence-corrected chi connectivity index (χ4v) is 2.79. The van der Waals surface area contributed by atoms with E-state index in [4.69, 9.17) is 11.6 Å². The van der Waals surface area contributed by atoms with E-state index in [0.717, 1.165) is 32.2 Å². The maximum atomic E-state index is 12.5. The minimum atomic E-state index is -0.156. The van der Waals surface area contributed by atoms with Gasteiger partial charge in [0.15, 0.2) is 0 Å². The summed E-state index contributed by atoms with van der Waals surface area (Å²) in [6.45, 7) is 0.760. The van der Waals surface area contributed by atoms with Crippen molar-refractivity contribution < 1.29 is 4.79 Å². The molecule has 4 nitrogen and oxygen atoms in total. The molecule has 1 atom stereocenters. The first-order valence-corrected chi connectivity index (χ1v) is 7.20. The molecule has 0 saturated carbocycles. The van der Waals surface area contributed by atoms with Crippen LogP contribution in [0.15, 0.2) is 23.1 Å². The van der Waals surface area contributed by atoms with Crippen LogP contribution in [0.5, 0.6) is 0 Å². The Labute approximate surface area is 118 Å². The smallest absolute Gasteiger partial charge is 0.254 e. The van der Waals surface area contributed by atoms with Gasteiger partial charge in [0.05, 0.1) is 0 Å². The maximum Gasteiger partial charge on any atom is 0.254 e. The first-order chi connectivity index (χ1) is 9.13. The van der Waals surface area contributed by atoms with Crippen molar-refractivity contribution in [3.05, 3.63) is 34.2 Å². The summed E-state index contributed by atoms with van der Waals surface area (Å²) in [6.07, 6.45) is 5.62. The van der Waals surface area contributed by atoms with Crippen LogP contribution in [0, 0.1) is 0 Å². The van der Waals surface area contributed by atoms with Gasteiger partial charge in [0.2, 0.25) is 0 Å². The van der Waals surface area contributed by atoms with Crippen LogP contribution < -0.4 is 5.56 Å². The number of pyridine rings is 1. The number of hydrogen-bond acceptors (Lipinski definition) is 2. The van der Waals surface area contributed by atoms with Gasteiger partial charge in [-0.05, 0) is 31.7 Å². The van der Waals surface area contributed by atoms with Gasteiger partial charge >= 0.3 is 0 Å². The van der Waals surface area contributed by atoms with Crippen molar-refractivity contribution >= 4 is 17.5 Å². The van der Waals surface area contributed by atoms with Crippen molar-refractivity contribution in [1.29, 1.82) is 0 Å². The lowest BCUT2D eigenvalue weighted by atomic mass is 9.99. The quantitative estimate of drug-likeness (QED) is 0.796. The molecule has 19 heavy (non-hydrogen) atoms. The second-order valence-electron chi connectivity index (χ2n) is 4.99. The molecule has 2 heterocycles. The minimum Gasteiger partial charge on any atom is -0.336 e. The SMILES string of the molecule is Cn1ccc(C(=O)N2CCCCC2CCCl)cc1=O. The molecule has 1 aromatic heterocycles. The average Bonchev–Trinajstić information content (AvgIpc) is 2.42. The summed E-state index contributed by atoms with van der Waals surface area (Å²) in [6, 6.07) is 3.33. The summed E-state index contributed by atoms with van der Waals surface area (Å²) >= 11 is 5.81. The van der Waals surface area contributed by atoms with Crippen molar-refractivity contribution in [3.8, 4) is 0 Å². The summed E-state index contributed by atoms with van der Waals surface area (Å²) in [4.78, 5) is 26.0. The molecule has 2 rings (SSSR count). The van der Waals surface area contributed by atoms with E-state index in [-0.39, 0.29) is 17.5 Å². The van der Waals surface area contributed by atoms with Gasteiger partial charge in [0.1, 0.15) is 0 Å². The van der Waals surface area contributed by atoms with E-state index in [1.807, 2.05) is 4.90 Å². The molecular formula is C14H19ClN2O2. The highest BCUT2D eigenvalue weighted by Gasteiger charge is 2.27. The molecule has 1 aliphatic heterocycles. The Morgan fingerprint density at radius 3 is 2.95 bits per heavy atom. The molecule has 1 amide bonds. The van der Waals surface area contributed by atoms with Crippen molar-refractivity contribution in [3.63, 3.8) is 0 Å². The third kappa shape index (κ3) is 3.18. The van der Waals surface area contributed by atoms with Crippen LogP contribution in [-0.2, 0) is 7.05 Å². The zero-order valence-corrected chi connectivity index (χ0v) is 11.9. The Kier molecular flexibility index (Phi) is 4.64. The Morgan fingerprint density at radius 1 is 1.47 bits per heavy atom. The zero-order valence-electron chi connectivity index (χ0n) is 11.1. The van der Waals surface area contributed by atoms with Gasteiger partial charge in [-0.1, -0.05) is 0 Å². The van der Waals surface area contributed by atoms with E-state index < -0.39 is 0 Å². The van der Waals surface area contributed by atoms with Crippen LogP contribution in [-0.4, -0.2) is 33.8 Å². The van der Waals surface area contributed by atoms with Crippen LogP contribution in [0.25, 0.3) is 0 Å². The van der Waals surface area contributed by atoms with Gasteiger partial charge in [-0.15, -0.1) is 11.6 Å². The van der Waals surface area contributed by atoms with Crippen molar-refractivity contribution in [2.45, 2.75) is 31.7 Å². The van der Waals surface area contributed by atoms with E-state index in [9.17, 15) is 9.59 Å². The molecule has 0 aromatic carbocycles. The van der Waals surface area contributed by atoms with Crippen LogP contribution in [0.3, 0.4) is 0 Å². The molecule has 1 aromatic rings. The number of carbonyl (C=O) groups is 1. The molecule has 1 unspecified atom stereocenters. The topological polar surface area (TPSA) is 42.3 Å². The molecule has 1 aliphatic rings. The molecule has 5 heteroatoms. The molecular weight excluding hydrogens is 264 g/mol. The number of aromatic nitrogens is 1. The number of alkyl halides is 1. The van der Waals surface area contributed by atoms with Gasteiger partial charge in [-0.25, -0.2) is 0 Å². The Balaban J connectivity index is 2.20. The number of likely N-dealkylation sites (tertiary alicyclic amines) is 1. The fourth-order valence-electron chi connectivity index (χ4n) is 2.54. The highest BCUT2D eigenvalue weighted by atomic mass is 35.5. The molecule has 0 N–H and O–H groups in total. The van der Waals surface area contributed by atoms with Gasteiger partial charge in [0, 0.05) is 43.3 Å². The number of aryl methyl sites for hydroxylation is 1. The van der Waals surface area contributed by atoms with Crippen molar-refractivity contribution in [1.82, 2.24) is 9.47 Å². The third-order valence-electron chi connectivity index (χ3n) is 3.68. The predicted molar refractivity (Wildman–Crippen MR) is 75.7 cm³/mol. The van der Waals surface area contributed by atoms with E-state index in [0.29, 0.717) is 11.4 Å². The summed E-state index contributed by atoms with van der Waals surface area (Å²) < 4.78 is 1.46. The summed E-state index contributed by atoms with van der Waals surface area (Å²) in [5.74, 6) is 0.512. The average molecular weight is 283 g/mol. The molecule has 0 aliphatic carbocycles. The number of rotatable bonds is 3. The second-order valence-corrected chi connectivity index (χ2v) is 5.37. The van der Waals surface area contributed by atoms with E-state index in [1.165, 1.54) is 10.6 Å². The zero-order chi connectivity index (χ0) is 13.8. The lowest BCUT2D eigenvalue weighted by Gasteiger charge is -2.35. The van der Waals surface area contributed by atoms with Crippen LogP contribution in [0.4, 0.5) is 0 Å². The molecule has 0 bridgehead atoms. The number of piperidine rings is 1. The first kappa shape index (κ1) is 14.1. The van der Waals surface area contributed by atoms with Crippen molar-refractivity contribution in [2.24, 2.45) is 7.05 Å². The summed E-state index contributed by atoms with van der Waals surface area (Å²) in [7, 11) is 1.67. The highest BCUT2D eigenvalue weighted by molar-refractivity contribution is 6.17. The van der Waals surface area contributed by atoms with Gasteiger partial charge in [0.25, 0.3) is 11.5 Å². The maximum absolute atomic E-state index is 12.5. The predicted octanol–water partition coefficient (Wildman–Crippen LogP) is 2.01. The van der Waals surface area contributed by atoms with E-state index in [1.54, 1.807) is 19.3 Å². The van der Waals surface area contributed by atoms with Crippen LogP contribution in [0.1, 0.15) is 36.0 Å². The summed E-state index contributed by atoms with van der Waals surface area (Å²) in [5, 5.41) is 0. The van der Waals surface area contributed by atoms with Crippen LogP contribution >= 0.6 is 11.6 Å². The molecule has 0 spiro atoms. The minimum absolute atomic E-state index is 0.0486. The summed E-state index contributed by atoms with van der Waals surface area (Å²) in [5.41, 5.74) is 0.321. The number of nitrogens with zero attached hydrogens (tertiary/aromatic N) is 2. The number of hydrogen-bond donors (Lipinski definition) is 0. The number of carbonyl (C=O) groups excluding carboxylic acids is 1. The van der Waals surface area contributed by atoms with E-state index >= 15 is 0 Å². The molecule has 1 fully saturated rings. The largest absolute Gasteiger partial charge is 0.336 e. The molecule has 0 radical (unpaired) electrons. The van der Waals surface area contributed by atoms with Crippen molar-refractivity contribution in [2.75, 3.05) is 12.4 Å². The Hall–Kier alpha value is -1.29. The standard InChI is InChI=1S/C14H19ClN2O2/c1-16-9-6-11(10-13(16)18)14(19)17-8-3-2-4-12(17)5-7-15/h6,9-10,12H,2-5,7-8H2,1H3. The Bertz CT molecular complexity index is 510. The van der Waals surface area contributed by atoms with Gasteiger partial charge < -0.3 is 9.47 Å². The Morgan fingerprint density at radius 2 is 2.26 bits per heavy atom. The van der Waals surface area contributed by atoms with Gasteiger partial charge in [-0.2, -0.15) is 0 Å². The van der Waals surface area contributed by atoms with E-state index in [2.05, 4.69) is 0 Å². The third-order valence-corrected chi connectivity index (χ3v) is 3.90. The molecule has 104 valence electrons. The molecule has 1 saturated heterocycles.